The number of hydrogen-bond acceptors (Lipinski definition) is 4. The van der Waals surface area contributed by atoms with E-state index in [2.05, 4.69) is 14.6 Å². The van der Waals surface area contributed by atoms with Crippen molar-refractivity contribution in [1.29, 1.82) is 0 Å². The van der Waals surface area contributed by atoms with E-state index in [-0.39, 0.29) is 5.97 Å². The molecule has 0 amide bonds. The predicted octanol–water partition coefficient (Wildman–Crippen LogP) is 1.39. The van der Waals surface area contributed by atoms with Crippen molar-refractivity contribution in [3.63, 3.8) is 0 Å². The van der Waals surface area contributed by atoms with Crippen LogP contribution < -0.4 is 0 Å². The molecule has 0 aliphatic rings. The Morgan fingerprint density at radius 1 is 1.56 bits per heavy atom. The van der Waals surface area contributed by atoms with Crippen LogP contribution in [0.25, 0.3) is 0 Å². The molecule has 1 aromatic heterocycles. The van der Waals surface area contributed by atoms with Crippen molar-refractivity contribution in [2.24, 2.45) is 0 Å². The maximum absolute atomic E-state index is 11.3. The van der Waals surface area contributed by atoms with Gasteiger partial charge in [0, 0.05) is 19.3 Å². The number of esters is 1. The second kappa shape index (κ2) is 6.02. The zero-order valence-electron chi connectivity index (χ0n) is 11.5. The van der Waals surface area contributed by atoms with Gasteiger partial charge >= 0.3 is 5.97 Å². The molecule has 1 rings (SSSR count). The number of methoxy groups -OCH3 is 1. The van der Waals surface area contributed by atoms with E-state index >= 15 is 0 Å². The molecular formula is C13H22N2O3. The zero-order valence-corrected chi connectivity index (χ0v) is 11.5. The minimum atomic E-state index is -0.725. The fraction of sp³-hybridized carbons (Fsp3) is 0.615. The molecule has 0 fully saturated rings. The van der Waals surface area contributed by atoms with Gasteiger partial charge in [-0.2, -0.15) is 0 Å². The maximum atomic E-state index is 11.3. The molecule has 0 aliphatic carbocycles. The Morgan fingerprint density at radius 2 is 2.22 bits per heavy atom. The van der Waals surface area contributed by atoms with Crippen molar-refractivity contribution in [2.75, 3.05) is 20.2 Å². The lowest BCUT2D eigenvalue weighted by Gasteiger charge is -2.27. The number of aromatic amines is 1. The first-order valence-corrected chi connectivity index (χ1v) is 6.06. The molecule has 0 saturated heterocycles. The van der Waals surface area contributed by atoms with Gasteiger partial charge in [-0.1, -0.05) is 6.92 Å². The van der Waals surface area contributed by atoms with Crippen molar-refractivity contribution in [3.05, 3.63) is 23.5 Å². The SMILES string of the molecule is CCN(Cc1c[nH]c(C(=O)OC)c1)CC(C)(C)O. The third-order valence-electron chi connectivity index (χ3n) is 2.61. The normalized spacial score (nSPS) is 11.9. The molecule has 18 heavy (non-hydrogen) atoms. The highest BCUT2D eigenvalue weighted by molar-refractivity contribution is 5.87. The van der Waals surface area contributed by atoms with Gasteiger partial charge in [-0.25, -0.2) is 4.79 Å². The second-order valence-corrected chi connectivity index (χ2v) is 5.03. The smallest absolute Gasteiger partial charge is 0.354 e. The molecule has 5 nitrogen and oxygen atoms in total. The summed E-state index contributed by atoms with van der Waals surface area (Å²) in [5.41, 5.74) is 0.727. The zero-order chi connectivity index (χ0) is 13.8. The van der Waals surface area contributed by atoms with Gasteiger partial charge in [0.05, 0.1) is 12.7 Å². The van der Waals surface area contributed by atoms with Crippen LogP contribution in [0.2, 0.25) is 0 Å². The summed E-state index contributed by atoms with van der Waals surface area (Å²) in [7, 11) is 1.36. The number of aromatic nitrogens is 1. The number of carbonyl (C=O) groups excluding carboxylic acids is 1. The average molecular weight is 254 g/mol. The molecule has 0 aromatic carbocycles. The molecule has 1 heterocycles. The lowest BCUT2D eigenvalue weighted by molar-refractivity contribution is 0.0353. The van der Waals surface area contributed by atoms with Crippen molar-refractivity contribution in [3.8, 4) is 0 Å². The highest BCUT2D eigenvalue weighted by atomic mass is 16.5. The predicted molar refractivity (Wildman–Crippen MR) is 69.4 cm³/mol. The Hall–Kier alpha value is -1.33. The van der Waals surface area contributed by atoms with Crippen LogP contribution >= 0.6 is 0 Å². The molecule has 1 aromatic rings. The lowest BCUT2D eigenvalue weighted by Crippen LogP contribution is -2.38. The van der Waals surface area contributed by atoms with Crippen LogP contribution in [0.3, 0.4) is 0 Å². The summed E-state index contributed by atoms with van der Waals surface area (Å²) in [5.74, 6) is -0.369. The quantitative estimate of drug-likeness (QED) is 0.753. The molecule has 5 heteroatoms. The summed E-state index contributed by atoms with van der Waals surface area (Å²) in [6, 6.07) is 1.78. The van der Waals surface area contributed by atoms with Crippen molar-refractivity contribution in [1.82, 2.24) is 9.88 Å². The van der Waals surface area contributed by atoms with Gasteiger partial charge in [-0.05, 0) is 32.0 Å². The van der Waals surface area contributed by atoms with Gasteiger partial charge in [0.1, 0.15) is 5.69 Å². The summed E-state index contributed by atoms with van der Waals surface area (Å²) < 4.78 is 4.64. The van der Waals surface area contributed by atoms with Gasteiger partial charge in [0.15, 0.2) is 0 Å². The average Bonchev–Trinajstić information content (AvgIpc) is 2.73. The van der Waals surface area contributed by atoms with Crippen LogP contribution in [0.4, 0.5) is 0 Å². The van der Waals surface area contributed by atoms with E-state index in [1.807, 2.05) is 6.92 Å². The van der Waals surface area contributed by atoms with Crippen molar-refractivity contribution < 1.29 is 14.6 Å². The maximum Gasteiger partial charge on any atom is 0.354 e. The van der Waals surface area contributed by atoms with Crippen LogP contribution in [-0.4, -0.2) is 46.8 Å². The Balaban J connectivity index is 2.65. The minimum absolute atomic E-state index is 0.369. The highest BCUT2D eigenvalue weighted by Gasteiger charge is 2.18. The largest absolute Gasteiger partial charge is 0.464 e. The molecule has 0 aliphatic heterocycles. The van der Waals surface area contributed by atoms with E-state index in [1.54, 1.807) is 26.1 Å². The van der Waals surface area contributed by atoms with Crippen molar-refractivity contribution >= 4 is 5.97 Å². The van der Waals surface area contributed by atoms with Gasteiger partial charge in [0.2, 0.25) is 0 Å². The Kier molecular flexibility index (Phi) is 4.93. The van der Waals surface area contributed by atoms with Gasteiger partial charge in [0.25, 0.3) is 0 Å². The Labute approximate surface area is 108 Å². The standard InChI is InChI=1S/C13H22N2O3/c1-5-15(9-13(2,3)17)8-10-6-11(14-7-10)12(16)18-4/h6-7,14,17H,5,8-9H2,1-4H3. The first kappa shape index (κ1) is 14.7. The van der Waals surface area contributed by atoms with E-state index < -0.39 is 5.60 Å². The Morgan fingerprint density at radius 3 is 2.72 bits per heavy atom. The first-order chi connectivity index (χ1) is 8.35. The molecule has 0 saturated carbocycles. The molecule has 0 spiro atoms. The van der Waals surface area contributed by atoms with E-state index in [0.717, 1.165) is 12.1 Å². The van der Waals surface area contributed by atoms with Gasteiger partial charge < -0.3 is 14.8 Å². The van der Waals surface area contributed by atoms with E-state index in [9.17, 15) is 9.90 Å². The molecule has 2 N–H and O–H groups in total. The van der Waals surface area contributed by atoms with E-state index in [1.165, 1.54) is 7.11 Å². The fourth-order valence-corrected chi connectivity index (χ4v) is 1.84. The van der Waals surface area contributed by atoms with E-state index in [4.69, 9.17) is 0 Å². The third-order valence-corrected chi connectivity index (χ3v) is 2.61. The number of nitrogens with one attached hydrogen (secondary N) is 1. The first-order valence-electron chi connectivity index (χ1n) is 6.06. The molecule has 0 radical (unpaired) electrons. The third kappa shape index (κ3) is 4.50. The number of ether oxygens (including phenoxy) is 1. The number of likely N-dealkylation sites (N-methyl/N-ethyl adjacent to an activating group) is 1. The molecule has 0 bridgehead atoms. The monoisotopic (exact) mass is 254 g/mol. The number of carbonyl (C=O) groups is 1. The van der Waals surface area contributed by atoms with Crippen LogP contribution in [0.15, 0.2) is 12.3 Å². The number of rotatable bonds is 6. The van der Waals surface area contributed by atoms with Crippen molar-refractivity contribution in [2.45, 2.75) is 32.9 Å². The highest BCUT2D eigenvalue weighted by Crippen LogP contribution is 2.11. The number of nitrogens with zero attached hydrogens (tertiary/aromatic N) is 1. The number of H-pyrrole nitrogens is 1. The van der Waals surface area contributed by atoms with E-state index in [0.29, 0.717) is 18.8 Å². The molecule has 0 atom stereocenters. The van der Waals surface area contributed by atoms with Crippen LogP contribution in [0.1, 0.15) is 36.8 Å². The lowest BCUT2D eigenvalue weighted by atomic mass is 10.1. The van der Waals surface area contributed by atoms with Gasteiger partial charge in [-0.3, -0.25) is 4.90 Å². The summed E-state index contributed by atoms with van der Waals surface area (Å²) in [4.78, 5) is 16.3. The van der Waals surface area contributed by atoms with Crippen LogP contribution in [0.5, 0.6) is 0 Å². The Bertz CT molecular complexity index is 393. The topological polar surface area (TPSA) is 65.6 Å². The van der Waals surface area contributed by atoms with Crippen LogP contribution in [-0.2, 0) is 11.3 Å². The minimum Gasteiger partial charge on any atom is -0.464 e. The molecular weight excluding hydrogens is 232 g/mol. The summed E-state index contributed by atoms with van der Waals surface area (Å²) in [6.45, 7) is 7.72. The summed E-state index contributed by atoms with van der Waals surface area (Å²) >= 11 is 0. The second-order valence-electron chi connectivity index (χ2n) is 5.03. The number of hydrogen-bond donors (Lipinski definition) is 2. The molecule has 0 unspecified atom stereocenters. The summed E-state index contributed by atoms with van der Waals surface area (Å²) in [6.07, 6.45) is 1.79. The fourth-order valence-electron chi connectivity index (χ4n) is 1.84. The molecule has 102 valence electrons. The number of aliphatic hydroxyl groups is 1. The summed E-state index contributed by atoms with van der Waals surface area (Å²) in [5, 5.41) is 9.81. The van der Waals surface area contributed by atoms with Crippen LogP contribution in [0, 0.1) is 0 Å². The van der Waals surface area contributed by atoms with Gasteiger partial charge in [-0.15, -0.1) is 0 Å².